The number of hydrogen-bond donors (Lipinski definition) is 6. The molecule has 1 aromatic carbocycles. The van der Waals surface area contributed by atoms with Crippen molar-refractivity contribution in [1.82, 2.24) is 10.4 Å². The van der Waals surface area contributed by atoms with Crippen LogP contribution in [0.4, 0.5) is 0 Å². The molecule has 11 unspecified atom stereocenters. The summed E-state index contributed by atoms with van der Waals surface area (Å²) < 4.78 is 30.8. The van der Waals surface area contributed by atoms with Crippen LogP contribution in [0.5, 0.6) is 0 Å². The Kier molecular flexibility index (Phi) is 13.3. The van der Waals surface area contributed by atoms with Gasteiger partial charge in [-0.05, 0) is 24.0 Å². The highest BCUT2D eigenvalue weighted by Crippen LogP contribution is 2.58. The van der Waals surface area contributed by atoms with Crippen molar-refractivity contribution in [2.24, 2.45) is 5.41 Å². The van der Waals surface area contributed by atoms with Crippen LogP contribution in [-0.2, 0) is 44.7 Å². The Morgan fingerprint density at radius 2 is 1.72 bits per heavy atom. The van der Waals surface area contributed by atoms with E-state index in [9.17, 15) is 35.1 Å². The Labute approximate surface area is 310 Å². The summed E-state index contributed by atoms with van der Waals surface area (Å²) in [5, 5.41) is 53.9. The molecule has 15 nitrogen and oxygen atoms in total. The third kappa shape index (κ3) is 7.94. The minimum Gasteiger partial charge on any atom is -0.458 e. The number of amides is 1. The number of nitrogens with zero attached hydrogens (tertiary/aromatic N) is 1. The Balaban J connectivity index is 1.24. The van der Waals surface area contributed by atoms with Crippen molar-refractivity contribution in [3.8, 4) is 0 Å². The SMILES string of the molecule is CCCCCC1(CCCCC)OC2C3CC4(C(=O)NCCO)C(ON(Cc5ccccc5C=CCOC5OC(CO)C(O)C(O)C5O)C4C(=O)O3)C2O1. The highest BCUT2D eigenvalue weighted by atomic mass is 16.8. The fraction of sp³-hybridized carbons (Fsp3) is 0.737. The van der Waals surface area contributed by atoms with Gasteiger partial charge in [0.2, 0.25) is 5.91 Å². The Morgan fingerprint density at radius 1 is 1.00 bits per heavy atom. The van der Waals surface area contributed by atoms with E-state index in [0.717, 1.165) is 49.7 Å². The van der Waals surface area contributed by atoms with E-state index in [4.69, 9.17) is 28.5 Å². The molecule has 4 aliphatic heterocycles. The maximum absolute atomic E-state index is 14.2. The molecule has 0 spiro atoms. The maximum Gasteiger partial charge on any atom is 0.327 e. The predicted molar refractivity (Wildman–Crippen MR) is 187 cm³/mol. The number of fused-ring (bicyclic) bond motifs is 4. The normalized spacial score (nSPS) is 36.1. The first-order chi connectivity index (χ1) is 25.6. The van der Waals surface area contributed by atoms with Crippen molar-refractivity contribution < 1.29 is 63.6 Å². The highest BCUT2D eigenvalue weighted by molar-refractivity contribution is 5.93. The monoisotopic (exact) mass is 748 g/mol. The molecule has 11 atom stereocenters. The van der Waals surface area contributed by atoms with Crippen LogP contribution >= 0.6 is 0 Å². The van der Waals surface area contributed by atoms with Gasteiger partial charge in [-0.3, -0.25) is 14.4 Å². The van der Waals surface area contributed by atoms with Gasteiger partial charge in [-0.25, -0.2) is 0 Å². The number of ether oxygens (including phenoxy) is 5. The first-order valence-corrected chi connectivity index (χ1v) is 19.2. The number of benzene rings is 1. The molecule has 15 heteroatoms. The van der Waals surface area contributed by atoms with Gasteiger partial charge < -0.3 is 54.5 Å². The molecule has 5 aliphatic rings. The van der Waals surface area contributed by atoms with E-state index >= 15 is 0 Å². The lowest BCUT2D eigenvalue weighted by Crippen LogP contribution is -2.69. The number of carbonyl (C=O) groups is 2. The molecule has 0 radical (unpaired) electrons. The second-order valence-electron chi connectivity index (χ2n) is 14.8. The average molecular weight is 749 g/mol. The van der Waals surface area contributed by atoms with Crippen molar-refractivity contribution in [3.63, 3.8) is 0 Å². The second-order valence-corrected chi connectivity index (χ2v) is 14.8. The number of rotatable bonds is 18. The quantitative estimate of drug-likeness (QED) is 0.0918. The molecule has 4 heterocycles. The largest absolute Gasteiger partial charge is 0.458 e. The van der Waals surface area contributed by atoms with Gasteiger partial charge in [0, 0.05) is 25.8 Å². The standard InChI is InChI=1S/C38H56N2O13/c1-3-5-9-15-37(16-10-6-4-2)51-30-25-20-38(36(47)39-17-18-41)32(34(46)49-25)40(53-33(38)31(30)52-37)21-24-13-8-7-12-23(24)14-11-19-48-35-29(45)28(44)27(43)26(22-42)50-35/h7-8,11-14,25-33,35,41-45H,3-6,9-10,15-22H2,1-2H3,(H,39,47). The van der Waals surface area contributed by atoms with Gasteiger partial charge in [-0.15, -0.1) is 0 Å². The molecule has 1 aromatic rings. The van der Waals surface area contributed by atoms with Crippen LogP contribution in [0.2, 0.25) is 0 Å². The second kappa shape index (κ2) is 17.5. The molecule has 6 N–H and O–H groups in total. The first kappa shape index (κ1) is 40.1. The summed E-state index contributed by atoms with van der Waals surface area (Å²) in [6.07, 6.45) is 1.19. The topological polar surface area (TPSA) is 206 Å². The van der Waals surface area contributed by atoms with Gasteiger partial charge in [-0.1, -0.05) is 75.9 Å². The third-order valence-corrected chi connectivity index (χ3v) is 11.3. The van der Waals surface area contributed by atoms with E-state index in [2.05, 4.69) is 19.2 Å². The zero-order chi connectivity index (χ0) is 37.8. The van der Waals surface area contributed by atoms with Gasteiger partial charge in [0.1, 0.15) is 54.2 Å². The lowest BCUT2D eigenvalue weighted by molar-refractivity contribution is -0.298. The van der Waals surface area contributed by atoms with E-state index in [1.807, 2.05) is 24.3 Å². The summed E-state index contributed by atoms with van der Waals surface area (Å²) >= 11 is 0. The lowest BCUT2D eigenvalue weighted by Gasteiger charge is -2.48. The zero-order valence-corrected chi connectivity index (χ0v) is 30.6. The van der Waals surface area contributed by atoms with Crippen LogP contribution in [0, 0.1) is 5.41 Å². The van der Waals surface area contributed by atoms with Crippen LogP contribution in [0.25, 0.3) is 6.08 Å². The zero-order valence-electron chi connectivity index (χ0n) is 30.6. The molecule has 4 saturated heterocycles. The molecule has 5 fully saturated rings. The molecule has 2 bridgehead atoms. The summed E-state index contributed by atoms with van der Waals surface area (Å²) in [4.78, 5) is 34.9. The molecule has 1 saturated carbocycles. The number of hydroxylamine groups is 2. The molecule has 53 heavy (non-hydrogen) atoms. The van der Waals surface area contributed by atoms with Gasteiger partial charge in [0.15, 0.2) is 18.1 Å². The fourth-order valence-electron chi connectivity index (χ4n) is 8.57. The van der Waals surface area contributed by atoms with E-state index in [0.29, 0.717) is 12.8 Å². The van der Waals surface area contributed by atoms with Gasteiger partial charge in [0.05, 0.1) is 26.4 Å². The fourth-order valence-corrected chi connectivity index (χ4v) is 8.57. The van der Waals surface area contributed by atoms with Crippen molar-refractivity contribution in [3.05, 3.63) is 41.5 Å². The summed E-state index contributed by atoms with van der Waals surface area (Å²) in [7, 11) is 0. The number of aliphatic hydroxyl groups excluding tert-OH is 5. The Morgan fingerprint density at radius 3 is 2.42 bits per heavy atom. The van der Waals surface area contributed by atoms with E-state index in [-0.39, 0.29) is 32.7 Å². The molecular weight excluding hydrogens is 692 g/mol. The molecule has 1 aliphatic carbocycles. The van der Waals surface area contributed by atoms with Crippen molar-refractivity contribution in [2.75, 3.05) is 26.4 Å². The molecule has 0 aromatic heterocycles. The number of aliphatic hydroxyl groups is 5. The minimum atomic E-state index is -1.55. The molecule has 1 amide bonds. The number of nitrogens with one attached hydrogen (secondary N) is 1. The predicted octanol–water partition coefficient (Wildman–Crippen LogP) is 1.07. The first-order valence-electron chi connectivity index (χ1n) is 19.2. The molecule has 296 valence electrons. The van der Waals surface area contributed by atoms with Crippen LogP contribution < -0.4 is 5.32 Å². The van der Waals surface area contributed by atoms with E-state index < -0.39 is 90.8 Å². The van der Waals surface area contributed by atoms with Crippen LogP contribution in [0.15, 0.2) is 30.3 Å². The highest BCUT2D eigenvalue weighted by Gasteiger charge is 2.76. The summed E-state index contributed by atoms with van der Waals surface area (Å²) in [6, 6.07) is 6.36. The summed E-state index contributed by atoms with van der Waals surface area (Å²) in [5.41, 5.74) is 0.171. The van der Waals surface area contributed by atoms with Crippen LogP contribution in [0.3, 0.4) is 0 Å². The maximum atomic E-state index is 14.2. The number of hydrogen-bond acceptors (Lipinski definition) is 14. The summed E-state index contributed by atoms with van der Waals surface area (Å²) in [6.45, 7) is 3.55. The van der Waals surface area contributed by atoms with Crippen molar-refractivity contribution in [2.45, 2.75) is 145 Å². The Bertz CT molecular complexity index is 1420. The van der Waals surface area contributed by atoms with Gasteiger partial charge in [-0.2, -0.15) is 5.06 Å². The van der Waals surface area contributed by atoms with Gasteiger partial charge in [0.25, 0.3) is 0 Å². The minimum absolute atomic E-state index is 0.0159. The smallest absolute Gasteiger partial charge is 0.327 e. The molecular formula is C38H56N2O13. The lowest BCUT2D eigenvalue weighted by atomic mass is 9.62. The number of carbonyl (C=O) groups excluding carboxylic acids is 2. The van der Waals surface area contributed by atoms with Gasteiger partial charge >= 0.3 is 5.97 Å². The van der Waals surface area contributed by atoms with E-state index in [1.54, 1.807) is 12.2 Å². The number of esters is 1. The van der Waals surface area contributed by atoms with Crippen LogP contribution in [-0.4, -0.2) is 136 Å². The average Bonchev–Trinajstić information content (AvgIpc) is 3.71. The van der Waals surface area contributed by atoms with Crippen molar-refractivity contribution in [1.29, 1.82) is 0 Å². The molecule has 6 rings (SSSR count). The Hall–Kier alpha value is -2.54. The van der Waals surface area contributed by atoms with Crippen molar-refractivity contribution >= 4 is 18.0 Å². The third-order valence-electron chi connectivity index (χ3n) is 11.3. The number of unbranched alkanes of at least 4 members (excludes halogenated alkanes) is 4. The summed E-state index contributed by atoms with van der Waals surface area (Å²) in [5.74, 6) is -1.87. The van der Waals surface area contributed by atoms with Crippen LogP contribution in [0.1, 0.15) is 82.8 Å². The van der Waals surface area contributed by atoms with E-state index in [1.165, 1.54) is 5.06 Å².